The third-order valence-corrected chi connectivity index (χ3v) is 4.72. The molecule has 0 aromatic heterocycles. The molecule has 1 aromatic carbocycles. The second-order valence-corrected chi connectivity index (χ2v) is 7.44. The van der Waals surface area contributed by atoms with Gasteiger partial charge in [-0.3, -0.25) is 4.79 Å². The zero-order valence-corrected chi connectivity index (χ0v) is 18.7. The van der Waals surface area contributed by atoms with Gasteiger partial charge in [0.15, 0.2) is 0 Å². The highest BCUT2D eigenvalue weighted by molar-refractivity contribution is 5.69. The normalized spacial score (nSPS) is 10.8. The van der Waals surface area contributed by atoms with Crippen molar-refractivity contribution in [3.05, 3.63) is 24.3 Å². The molecule has 0 radical (unpaired) electrons. The van der Waals surface area contributed by atoms with E-state index in [2.05, 4.69) is 6.92 Å². The van der Waals surface area contributed by atoms with Crippen molar-refractivity contribution >= 4 is 11.7 Å². The monoisotopic (exact) mass is 423 g/mol. The molecular formula is C24H41NO5. The van der Waals surface area contributed by atoms with Gasteiger partial charge in [0.05, 0.1) is 26.4 Å². The molecule has 2 N–H and O–H groups in total. The summed E-state index contributed by atoms with van der Waals surface area (Å²) in [4.78, 5) is 11.7. The largest absolute Gasteiger partial charge is 0.491 e. The van der Waals surface area contributed by atoms with E-state index in [1.54, 1.807) is 12.1 Å². The van der Waals surface area contributed by atoms with Crippen molar-refractivity contribution in [2.45, 2.75) is 71.1 Å². The van der Waals surface area contributed by atoms with Gasteiger partial charge in [-0.1, -0.05) is 58.3 Å². The lowest BCUT2D eigenvalue weighted by molar-refractivity contribution is -0.145. The van der Waals surface area contributed by atoms with E-state index in [0.29, 0.717) is 51.7 Å². The second-order valence-electron chi connectivity index (χ2n) is 7.44. The van der Waals surface area contributed by atoms with Gasteiger partial charge in [-0.05, 0) is 30.7 Å². The predicted molar refractivity (Wildman–Crippen MR) is 121 cm³/mol. The third kappa shape index (κ3) is 16.1. The first-order chi connectivity index (χ1) is 14.7. The van der Waals surface area contributed by atoms with E-state index in [1.807, 2.05) is 12.1 Å². The summed E-state index contributed by atoms with van der Waals surface area (Å²) in [6.45, 7) is 4.85. The summed E-state index contributed by atoms with van der Waals surface area (Å²) in [6, 6.07) is 7.26. The average molecular weight is 424 g/mol. The van der Waals surface area contributed by atoms with Crippen molar-refractivity contribution in [3.8, 4) is 5.75 Å². The molecule has 0 saturated carbocycles. The number of carbonyl (C=O) groups is 1. The topological polar surface area (TPSA) is 80.0 Å². The molecule has 0 aliphatic rings. The number of nitrogens with two attached hydrogens (primary N) is 1. The van der Waals surface area contributed by atoms with Gasteiger partial charge in [-0.2, -0.15) is 0 Å². The van der Waals surface area contributed by atoms with Crippen LogP contribution in [0.2, 0.25) is 0 Å². The summed E-state index contributed by atoms with van der Waals surface area (Å²) >= 11 is 0. The van der Waals surface area contributed by atoms with Crippen molar-refractivity contribution in [2.75, 3.05) is 45.4 Å². The standard InChI is InChI=1S/C24H41NO5/c1-2-3-4-5-6-7-8-9-10-11-24(26)30-21-19-28-17-16-27-18-20-29-23-14-12-22(25)13-15-23/h12-15H,2-11,16-21,25H2,1H3. The fourth-order valence-corrected chi connectivity index (χ4v) is 2.97. The van der Waals surface area contributed by atoms with Gasteiger partial charge in [-0.25, -0.2) is 0 Å². The molecule has 30 heavy (non-hydrogen) atoms. The minimum absolute atomic E-state index is 0.127. The number of esters is 1. The van der Waals surface area contributed by atoms with E-state index < -0.39 is 0 Å². The first-order valence-corrected chi connectivity index (χ1v) is 11.5. The maximum Gasteiger partial charge on any atom is 0.305 e. The lowest BCUT2D eigenvalue weighted by Crippen LogP contribution is -2.14. The zero-order valence-electron chi connectivity index (χ0n) is 18.7. The van der Waals surface area contributed by atoms with Crippen LogP contribution < -0.4 is 10.5 Å². The fraction of sp³-hybridized carbons (Fsp3) is 0.708. The van der Waals surface area contributed by atoms with Crippen LogP contribution in [0.15, 0.2) is 24.3 Å². The zero-order chi connectivity index (χ0) is 21.7. The Morgan fingerprint density at radius 2 is 1.27 bits per heavy atom. The van der Waals surface area contributed by atoms with Crippen molar-refractivity contribution in [3.63, 3.8) is 0 Å². The van der Waals surface area contributed by atoms with Gasteiger partial charge in [0.1, 0.15) is 19.0 Å². The third-order valence-electron chi connectivity index (χ3n) is 4.72. The number of rotatable bonds is 20. The summed E-state index contributed by atoms with van der Waals surface area (Å²) in [7, 11) is 0. The van der Waals surface area contributed by atoms with Crippen LogP contribution in [0.25, 0.3) is 0 Å². The van der Waals surface area contributed by atoms with Crippen LogP contribution in [-0.4, -0.2) is 45.6 Å². The van der Waals surface area contributed by atoms with Crippen LogP contribution in [0.3, 0.4) is 0 Å². The molecule has 0 aliphatic heterocycles. The van der Waals surface area contributed by atoms with Crippen LogP contribution in [0.4, 0.5) is 5.69 Å². The van der Waals surface area contributed by atoms with Crippen molar-refractivity contribution in [1.29, 1.82) is 0 Å². The number of ether oxygens (including phenoxy) is 4. The lowest BCUT2D eigenvalue weighted by atomic mass is 10.1. The Labute approximate surface area is 182 Å². The molecule has 0 spiro atoms. The van der Waals surface area contributed by atoms with Gasteiger partial charge < -0.3 is 24.7 Å². The van der Waals surface area contributed by atoms with Crippen molar-refractivity contribution in [2.24, 2.45) is 0 Å². The summed E-state index contributed by atoms with van der Waals surface area (Å²) in [5.41, 5.74) is 6.33. The first kappa shape index (κ1) is 26.2. The molecule has 172 valence electrons. The minimum atomic E-state index is -0.127. The number of hydrogen-bond acceptors (Lipinski definition) is 6. The predicted octanol–water partition coefficient (Wildman–Crippen LogP) is 5.14. The molecule has 6 heteroatoms. The molecule has 0 atom stereocenters. The number of carbonyl (C=O) groups excluding carboxylic acids is 1. The quantitative estimate of drug-likeness (QED) is 0.178. The number of nitrogen functional groups attached to an aromatic ring is 1. The number of unbranched alkanes of at least 4 members (excludes halogenated alkanes) is 8. The van der Waals surface area contributed by atoms with Crippen LogP contribution in [0, 0.1) is 0 Å². The molecule has 1 aromatic rings. The highest BCUT2D eigenvalue weighted by atomic mass is 16.6. The highest BCUT2D eigenvalue weighted by Crippen LogP contribution is 2.13. The van der Waals surface area contributed by atoms with Crippen molar-refractivity contribution in [1.82, 2.24) is 0 Å². The van der Waals surface area contributed by atoms with E-state index in [4.69, 9.17) is 24.7 Å². The summed E-state index contributed by atoms with van der Waals surface area (Å²) in [6.07, 6.45) is 11.7. The Morgan fingerprint density at radius 1 is 0.733 bits per heavy atom. The molecule has 0 bridgehead atoms. The van der Waals surface area contributed by atoms with Gasteiger partial charge >= 0.3 is 5.97 Å². The van der Waals surface area contributed by atoms with Crippen LogP contribution >= 0.6 is 0 Å². The molecule has 0 amide bonds. The lowest BCUT2D eigenvalue weighted by Gasteiger charge is -2.08. The smallest absolute Gasteiger partial charge is 0.305 e. The van der Waals surface area contributed by atoms with E-state index >= 15 is 0 Å². The van der Waals surface area contributed by atoms with E-state index in [1.165, 1.54) is 44.9 Å². The van der Waals surface area contributed by atoms with Crippen LogP contribution in [-0.2, 0) is 19.0 Å². The molecule has 0 fully saturated rings. The van der Waals surface area contributed by atoms with E-state index in [-0.39, 0.29) is 5.97 Å². The minimum Gasteiger partial charge on any atom is -0.491 e. The Kier molecular flexibility index (Phi) is 16.8. The van der Waals surface area contributed by atoms with Crippen molar-refractivity contribution < 1.29 is 23.7 Å². The average Bonchev–Trinajstić information content (AvgIpc) is 2.75. The molecule has 0 aliphatic carbocycles. The summed E-state index contributed by atoms with van der Waals surface area (Å²) in [5, 5.41) is 0. The second kappa shape index (κ2) is 19.2. The Hall–Kier alpha value is -1.79. The molecule has 6 nitrogen and oxygen atoms in total. The number of hydrogen-bond donors (Lipinski definition) is 1. The SMILES string of the molecule is CCCCCCCCCCCC(=O)OCCOCCOCCOc1ccc(N)cc1. The Bertz CT molecular complexity index is 521. The number of anilines is 1. The fourth-order valence-electron chi connectivity index (χ4n) is 2.97. The van der Waals surface area contributed by atoms with E-state index in [0.717, 1.165) is 18.6 Å². The van der Waals surface area contributed by atoms with Gasteiger partial charge in [0.25, 0.3) is 0 Å². The Morgan fingerprint density at radius 3 is 1.90 bits per heavy atom. The van der Waals surface area contributed by atoms with Gasteiger partial charge in [0, 0.05) is 12.1 Å². The maximum atomic E-state index is 11.7. The van der Waals surface area contributed by atoms with Crippen LogP contribution in [0.1, 0.15) is 71.1 Å². The van der Waals surface area contributed by atoms with Crippen LogP contribution in [0.5, 0.6) is 5.75 Å². The summed E-state index contributed by atoms with van der Waals surface area (Å²) in [5.74, 6) is 0.644. The molecule has 1 rings (SSSR count). The molecule has 0 heterocycles. The molecule has 0 unspecified atom stereocenters. The summed E-state index contributed by atoms with van der Waals surface area (Å²) < 4.78 is 21.5. The first-order valence-electron chi connectivity index (χ1n) is 11.5. The van der Waals surface area contributed by atoms with E-state index in [9.17, 15) is 4.79 Å². The number of benzene rings is 1. The van der Waals surface area contributed by atoms with Gasteiger partial charge in [-0.15, -0.1) is 0 Å². The highest BCUT2D eigenvalue weighted by Gasteiger charge is 2.02. The Balaban J connectivity index is 1.77. The molecular weight excluding hydrogens is 382 g/mol. The molecule has 0 saturated heterocycles. The maximum absolute atomic E-state index is 11.7. The van der Waals surface area contributed by atoms with Gasteiger partial charge in [0.2, 0.25) is 0 Å².